The third kappa shape index (κ3) is 17.2. The second kappa shape index (κ2) is 38.0. The summed E-state index contributed by atoms with van der Waals surface area (Å²) in [5.74, 6) is 1.65. The first kappa shape index (κ1) is 94.8. The number of aryl methyl sites for hydroxylation is 2. The molecule has 4 aliphatic rings. The van der Waals surface area contributed by atoms with Crippen molar-refractivity contribution < 1.29 is 9.47 Å². The molecule has 24 rings (SSSR count). The molecular weight excluding hydrogens is 1790 g/mol. The minimum atomic E-state index is -0.263. The van der Waals surface area contributed by atoms with Crippen LogP contribution in [0.5, 0.6) is 11.5 Å². The van der Waals surface area contributed by atoms with Crippen LogP contribution in [-0.2, 0) is 32.5 Å². The van der Waals surface area contributed by atoms with Crippen LogP contribution in [0.4, 0.5) is 68.2 Å². The third-order valence-corrected chi connectivity index (χ3v) is 32.6. The lowest BCUT2D eigenvalue weighted by Crippen LogP contribution is -2.24. The van der Waals surface area contributed by atoms with E-state index in [1.165, 1.54) is 179 Å². The maximum atomic E-state index is 5.61. The zero-order chi connectivity index (χ0) is 102. The number of anilines is 12. The topological polar surface area (TPSA) is 31.4 Å². The molecular formula is C142H124N4O2. The Hall–Kier alpha value is -16.8. The van der Waals surface area contributed by atoms with Crippen LogP contribution in [0.1, 0.15) is 149 Å². The summed E-state index contributed by atoms with van der Waals surface area (Å²) in [5, 5.41) is 0. The number of rotatable bonds is 22. The van der Waals surface area contributed by atoms with Crippen molar-refractivity contribution in [1.82, 2.24) is 0 Å². The molecule has 2 unspecified atom stereocenters. The summed E-state index contributed by atoms with van der Waals surface area (Å²) in [6, 6.07) is 174. The number of hydrogen-bond acceptors (Lipinski definition) is 6. The molecule has 0 aromatic heterocycles. The summed E-state index contributed by atoms with van der Waals surface area (Å²) < 4.78 is 11.2. The standard InChI is InChI=1S/C74H66N2.C68H58N2O2/c1-48-28-33-54(43-69(48)75(55-34-29-52(30-35-55)50-20-12-10-13-21-50)57-38-40-61-59-24-16-18-26-63(59)72(5,6)65(61)44-57)74(9)47-71(3,4)67-46-70(49(2)42-68(67)74)76(56-36-31-53(32-37-56)51-22-14-11-15-23-51)58-39-41-62-60-25-17-19-27-64(60)73(7,8)66(62)45-58;1-67(2)47-68(3,56-28-34-59(35-29-56)69(60-36-41-63(71-4)42-37-60)57-30-24-54(25-31-57)52-20-16-50(17-21-52)48-12-8-6-9-13-48)66-46-62(40-45-65(66)67)70(61-38-43-64(72-5)44-39-61)58-32-26-55(27-33-58)53-22-18-51(19-23-53)49-14-10-7-11-15-49/h10-46H,47H2,1-9H3;6-46H,47H2,1-5H3. The quantitative estimate of drug-likeness (QED) is 0.0672. The van der Waals surface area contributed by atoms with Crippen LogP contribution < -0.4 is 29.1 Å². The van der Waals surface area contributed by atoms with Crippen molar-refractivity contribution in [2.75, 3.05) is 33.8 Å². The van der Waals surface area contributed by atoms with E-state index in [1.54, 1.807) is 14.2 Å². The van der Waals surface area contributed by atoms with Gasteiger partial charge in [-0.25, -0.2) is 0 Å². The van der Waals surface area contributed by atoms with Crippen molar-refractivity contribution in [3.63, 3.8) is 0 Å². The SMILES string of the molecule is COc1ccc(N(c2ccc(-c3ccc(-c4ccccc4)cc3)cc2)c2ccc(C3(C)CC(C)(C)c4ccc(N(c5ccc(OC)cc5)c5ccc(-c6ccc(-c7ccccc7)cc6)cc5)cc43)cc2)cc1.Cc1ccc(C2(C)CC(C)(C)c3cc(N(c4ccc(-c5ccccc5)cc4)c4ccc5c(c4)C(C)(C)c4ccccc4-5)c(C)cc32)cc1N(c1ccc(-c2ccccc2)cc1)c1ccc2c(c1)C(C)(C)c1ccccc1-2. The van der Waals surface area contributed by atoms with Gasteiger partial charge in [0.25, 0.3) is 0 Å². The minimum absolute atomic E-state index is 0.0390. The van der Waals surface area contributed by atoms with E-state index >= 15 is 0 Å². The molecule has 0 amide bonds. The highest BCUT2D eigenvalue weighted by Crippen LogP contribution is 2.61. The zero-order valence-electron chi connectivity index (χ0n) is 87.1. The minimum Gasteiger partial charge on any atom is -0.497 e. The van der Waals surface area contributed by atoms with Gasteiger partial charge in [-0.3, -0.25) is 0 Å². The fraction of sp³-hybridized carbons (Fsp3) is 0.155. The van der Waals surface area contributed by atoms with Gasteiger partial charge in [-0.2, -0.15) is 0 Å². The first-order valence-corrected chi connectivity index (χ1v) is 52.1. The average molecular weight is 1920 g/mol. The van der Waals surface area contributed by atoms with Crippen molar-refractivity contribution in [3.05, 3.63) is 540 Å². The van der Waals surface area contributed by atoms with E-state index in [0.29, 0.717) is 0 Å². The van der Waals surface area contributed by atoms with Crippen molar-refractivity contribution in [2.24, 2.45) is 0 Å². The van der Waals surface area contributed by atoms with E-state index in [9.17, 15) is 0 Å². The summed E-state index contributed by atoms with van der Waals surface area (Å²) >= 11 is 0. The monoisotopic (exact) mass is 1920 g/mol. The molecule has 0 heterocycles. The Morgan fingerprint density at radius 1 is 0.182 bits per heavy atom. The highest BCUT2D eigenvalue weighted by atomic mass is 16.5. The average Bonchev–Trinajstić information content (AvgIpc) is 1.56. The Balaban J connectivity index is 0.000000163. The molecule has 0 saturated carbocycles. The van der Waals surface area contributed by atoms with Crippen molar-refractivity contribution in [2.45, 2.75) is 128 Å². The van der Waals surface area contributed by atoms with Crippen LogP contribution in [0, 0.1) is 13.8 Å². The van der Waals surface area contributed by atoms with Gasteiger partial charge in [0.2, 0.25) is 0 Å². The molecule has 148 heavy (non-hydrogen) atoms. The lowest BCUT2D eigenvalue weighted by atomic mass is 9.74. The van der Waals surface area contributed by atoms with Gasteiger partial charge in [-0.15, -0.1) is 0 Å². The van der Waals surface area contributed by atoms with Crippen molar-refractivity contribution in [3.8, 4) is 101 Å². The van der Waals surface area contributed by atoms with Crippen LogP contribution in [0.3, 0.4) is 0 Å². The van der Waals surface area contributed by atoms with Gasteiger partial charge in [0.1, 0.15) is 11.5 Å². The summed E-state index contributed by atoms with van der Waals surface area (Å²) in [6.45, 7) is 28.8. The van der Waals surface area contributed by atoms with E-state index < -0.39 is 0 Å². The summed E-state index contributed by atoms with van der Waals surface area (Å²) in [6.07, 6.45) is 1.96. The Morgan fingerprint density at radius 3 is 0.811 bits per heavy atom. The normalized spacial score (nSPS) is 15.7. The van der Waals surface area contributed by atoms with Gasteiger partial charge < -0.3 is 29.1 Å². The first-order chi connectivity index (χ1) is 71.8. The van der Waals surface area contributed by atoms with E-state index in [0.717, 1.165) is 69.8 Å². The maximum absolute atomic E-state index is 5.61. The lowest BCUT2D eigenvalue weighted by molar-refractivity contribution is 0.414. The predicted octanol–water partition coefficient (Wildman–Crippen LogP) is 38.5. The largest absolute Gasteiger partial charge is 0.497 e. The number of hydrogen-bond donors (Lipinski definition) is 0. The number of fused-ring (bicyclic) bond motifs is 8. The van der Waals surface area contributed by atoms with E-state index in [-0.39, 0.29) is 32.5 Å². The first-order valence-electron chi connectivity index (χ1n) is 52.1. The Bertz CT molecular complexity index is 8310. The highest BCUT2D eigenvalue weighted by molar-refractivity contribution is 5.92. The number of benzene rings is 20. The third-order valence-electron chi connectivity index (χ3n) is 32.6. The zero-order valence-corrected chi connectivity index (χ0v) is 87.1. The number of nitrogens with zero attached hydrogens (tertiary/aromatic N) is 4. The van der Waals surface area contributed by atoms with Gasteiger partial charge in [0, 0.05) is 89.9 Å². The van der Waals surface area contributed by atoms with Gasteiger partial charge >= 0.3 is 0 Å². The molecule has 20 aromatic carbocycles. The molecule has 0 radical (unpaired) electrons. The summed E-state index contributed by atoms with van der Waals surface area (Å²) in [7, 11) is 3.43. The fourth-order valence-electron chi connectivity index (χ4n) is 24.8. The summed E-state index contributed by atoms with van der Waals surface area (Å²) in [5.41, 5.74) is 48.6. The Labute approximate surface area is 874 Å². The van der Waals surface area contributed by atoms with Crippen LogP contribution in [0.25, 0.3) is 89.0 Å². The van der Waals surface area contributed by atoms with E-state index in [4.69, 9.17) is 9.47 Å². The maximum Gasteiger partial charge on any atom is 0.119 e. The lowest BCUT2D eigenvalue weighted by Gasteiger charge is -2.33. The molecule has 0 bridgehead atoms. The molecule has 0 spiro atoms. The predicted molar refractivity (Wildman–Crippen MR) is 623 cm³/mol. The molecule has 0 aliphatic heterocycles. The summed E-state index contributed by atoms with van der Waals surface area (Å²) in [4.78, 5) is 9.74. The van der Waals surface area contributed by atoms with Crippen molar-refractivity contribution in [1.29, 1.82) is 0 Å². The van der Waals surface area contributed by atoms with Gasteiger partial charge in [-0.1, -0.05) is 385 Å². The Kier molecular flexibility index (Phi) is 24.3. The molecule has 724 valence electrons. The van der Waals surface area contributed by atoms with Crippen molar-refractivity contribution >= 4 is 68.2 Å². The van der Waals surface area contributed by atoms with E-state index in [2.05, 4.69) is 552 Å². The second-order valence-corrected chi connectivity index (χ2v) is 43.6. The molecule has 0 saturated heterocycles. The molecule has 2 atom stereocenters. The van der Waals surface area contributed by atoms with Gasteiger partial charge in [-0.05, 0) is 351 Å². The Morgan fingerprint density at radius 2 is 0.439 bits per heavy atom. The molecule has 6 heteroatoms. The second-order valence-electron chi connectivity index (χ2n) is 43.6. The number of ether oxygens (including phenoxy) is 2. The van der Waals surface area contributed by atoms with Gasteiger partial charge in [0.15, 0.2) is 0 Å². The molecule has 0 N–H and O–H groups in total. The molecule has 4 aliphatic carbocycles. The number of methoxy groups -OCH3 is 2. The smallest absolute Gasteiger partial charge is 0.119 e. The van der Waals surface area contributed by atoms with Crippen LogP contribution >= 0.6 is 0 Å². The van der Waals surface area contributed by atoms with Crippen LogP contribution in [0.2, 0.25) is 0 Å². The van der Waals surface area contributed by atoms with E-state index in [1.807, 2.05) is 24.3 Å². The molecule has 20 aromatic rings. The van der Waals surface area contributed by atoms with Gasteiger partial charge in [0.05, 0.1) is 14.2 Å². The fourth-order valence-corrected chi connectivity index (χ4v) is 24.8. The highest BCUT2D eigenvalue weighted by Gasteiger charge is 2.49. The van der Waals surface area contributed by atoms with Crippen LogP contribution in [-0.4, -0.2) is 14.2 Å². The van der Waals surface area contributed by atoms with Crippen LogP contribution in [0.15, 0.2) is 473 Å². The molecule has 6 nitrogen and oxygen atoms in total. The molecule has 0 fully saturated rings.